The summed E-state index contributed by atoms with van der Waals surface area (Å²) in [6.45, 7) is 1.39. The second kappa shape index (κ2) is 5.95. The van der Waals surface area contributed by atoms with Crippen LogP contribution >= 0.6 is 23.8 Å². The molecule has 0 amide bonds. The molecule has 0 aliphatic heterocycles. The highest BCUT2D eigenvalue weighted by molar-refractivity contribution is 7.80. The van der Waals surface area contributed by atoms with Crippen molar-refractivity contribution >= 4 is 28.8 Å². The lowest BCUT2D eigenvalue weighted by Crippen LogP contribution is -2.29. The fraction of sp³-hybridized carbons (Fsp3) is 0.462. The van der Waals surface area contributed by atoms with Crippen molar-refractivity contribution < 1.29 is 4.39 Å². The van der Waals surface area contributed by atoms with Crippen LogP contribution in [0.25, 0.3) is 0 Å². The summed E-state index contributed by atoms with van der Waals surface area (Å²) in [7, 11) is 0. The predicted octanol–water partition coefficient (Wildman–Crippen LogP) is 3.12. The normalized spacial score (nSPS) is 15.1. The first kappa shape index (κ1) is 13.7. The van der Waals surface area contributed by atoms with Crippen molar-refractivity contribution in [3.63, 3.8) is 0 Å². The second-order valence-electron chi connectivity index (χ2n) is 4.65. The van der Waals surface area contributed by atoms with E-state index in [-0.39, 0.29) is 5.82 Å². The minimum atomic E-state index is -0.247. The van der Waals surface area contributed by atoms with E-state index in [4.69, 9.17) is 29.6 Å². The molecule has 0 atom stereocenters. The number of hydrogen-bond acceptors (Lipinski definition) is 2. The van der Waals surface area contributed by atoms with Crippen LogP contribution in [0.15, 0.2) is 18.2 Å². The zero-order valence-corrected chi connectivity index (χ0v) is 11.6. The SMILES string of the molecule is NC(=S)CCN(Cc1ccc(Cl)cc1F)C1CC1. The van der Waals surface area contributed by atoms with Gasteiger partial charge in [0, 0.05) is 36.1 Å². The second-order valence-corrected chi connectivity index (χ2v) is 5.61. The Balaban J connectivity index is 2.01. The van der Waals surface area contributed by atoms with E-state index in [0.29, 0.717) is 34.6 Å². The Bertz CT molecular complexity index is 449. The van der Waals surface area contributed by atoms with Gasteiger partial charge in [0.05, 0.1) is 4.99 Å². The van der Waals surface area contributed by atoms with Crippen molar-refractivity contribution in [2.75, 3.05) is 6.54 Å². The van der Waals surface area contributed by atoms with E-state index in [1.165, 1.54) is 18.9 Å². The molecular formula is C13H16ClFN2S. The molecule has 1 fully saturated rings. The maximum atomic E-state index is 13.7. The van der Waals surface area contributed by atoms with Crippen LogP contribution in [0.2, 0.25) is 5.02 Å². The van der Waals surface area contributed by atoms with Gasteiger partial charge in [-0.25, -0.2) is 4.39 Å². The van der Waals surface area contributed by atoms with Gasteiger partial charge >= 0.3 is 0 Å². The van der Waals surface area contributed by atoms with E-state index in [1.54, 1.807) is 12.1 Å². The summed E-state index contributed by atoms with van der Waals surface area (Å²) in [4.78, 5) is 2.75. The van der Waals surface area contributed by atoms with Gasteiger partial charge in [0.15, 0.2) is 0 Å². The Hall–Kier alpha value is -0.710. The molecule has 2 rings (SSSR count). The molecule has 98 valence electrons. The molecular weight excluding hydrogens is 271 g/mol. The largest absolute Gasteiger partial charge is 0.393 e. The molecule has 0 saturated heterocycles. The molecule has 1 aromatic rings. The Labute approximate surface area is 117 Å². The highest BCUT2D eigenvalue weighted by atomic mass is 35.5. The smallest absolute Gasteiger partial charge is 0.129 e. The van der Waals surface area contributed by atoms with Crippen LogP contribution in [0.1, 0.15) is 24.8 Å². The summed E-state index contributed by atoms with van der Waals surface area (Å²) in [5.41, 5.74) is 6.19. The van der Waals surface area contributed by atoms with Gasteiger partial charge < -0.3 is 5.73 Å². The first-order valence-electron chi connectivity index (χ1n) is 6.02. The van der Waals surface area contributed by atoms with E-state index < -0.39 is 0 Å². The summed E-state index contributed by atoms with van der Waals surface area (Å²) in [5, 5.41) is 0.428. The molecule has 5 heteroatoms. The lowest BCUT2D eigenvalue weighted by atomic mass is 10.2. The van der Waals surface area contributed by atoms with Gasteiger partial charge in [0.1, 0.15) is 5.82 Å². The van der Waals surface area contributed by atoms with Gasteiger partial charge in [0.2, 0.25) is 0 Å². The summed E-state index contributed by atoms with van der Waals surface area (Å²) in [5.74, 6) is -0.247. The lowest BCUT2D eigenvalue weighted by molar-refractivity contribution is 0.259. The topological polar surface area (TPSA) is 29.3 Å². The standard InChI is InChI=1S/C13H16ClFN2S/c14-10-2-1-9(12(15)7-10)8-17(11-3-4-11)6-5-13(16)18/h1-2,7,11H,3-6,8H2,(H2,16,18). The number of thiocarbonyl (C=S) groups is 1. The van der Waals surface area contributed by atoms with Gasteiger partial charge in [-0.3, -0.25) is 4.90 Å². The molecule has 0 spiro atoms. The quantitative estimate of drug-likeness (QED) is 0.815. The Morgan fingerprint density at radius 3 is 2.78 bits per heavy atom. The fourth-order valence-electron chi connectivity index (χ4n) is 1.95. The monoisotopic (exact) mass is 286 g/mol. The molecule has 1 saturated carbocycles. The number of benzene rings is 1. The van der Waals surface area contributed by atoms with Crippen molar-refractivity contribution in [3.05, 3.63) is 34.6 Å². The lowest BCUT2D eigenvalue weighted by Gasteiger charge is -2.22. The molecule has 0 unspecified atom stereocenters. The molecule has 0 aromatic heterocycles. The average Bonchev–Trinajstić information content (AvgIpc) is 3.10. The van der Waals surface area contributed by atoms with Gasteiger partial charge in [-0.1, -0.05) is 29.9 Å². The van der Waals surface area contributed by atoms with E-state index in [0.717, 1.165) is 6.54 Å². The predicted molar refractivity (Wildman–Crippen MR) is 76.2 cm³/mol. The summed E-state index contributed by atoms with van der Waals surface area (Å²) in [6, 6.07) is 5.37. The molecule has 2 N–H and O–H groups in total. The van der Waals surface area contributed by atoms with Crippen molar-refractivity contribution in [2.45, 2.75) is 31.8 Å². The third-order valence-corrected chi connectivity index (χ3v) is 3.54. The summed E-state index contributed by atoms with van der Waals surface area (Å²) >= 11 is 10.6. The number of hydrogen-bond donors (Lipinski definition) is 1. The van der Waals surface area contributed by atoms with Crippen LogP contribution in [0, 0.1) is 5.82 Å². The number of rotatable bonds is 6. The third-order valence-electron chi connectivity index (χ3n) is 3.10. The number of halogens is 2. The van der Waals surface area contributed by atoms with Gasteiger partial charge in [-0.2, -0.15) is 0 Å². The third kappa shape index (κ3) is 3.90. The van der Waals surface area contributed by atoms with Crippen molar-refractivity contribution in [3.8, 4) is 0 Å². The molecule has 1 aliphatic rings. The zero-order chi connectivity index (χ0) is 13.1. The summed E-state index contributed by atoms with van der Waals surface area (Å²) in [6.07, 6.45) is 3.03. The minimum Gasteiger partial charge on any atom is -0.393 e. The van der Waals surface area contributed by atoms with Crippen LogP contribution in [0.4, 0.5) is 4.39 Å². The minimum absolute atomic E-state index is 0.247. The molecule has 18 heavy (non-hydrogen) atoms. The fourth-order valence-corrected chi connectivity index (χ4v) is 2.20. The molecule has 1 aromatic carbocycles. The molecule has 0 radical (unpaired) electrons. The molecule has 2 nitrogen and oxygen atoms in total. The Morgan fingerprint density at radius 2 is 2.22 bits per heavy atom. The number of nitrogens with two attached hydrogens (primary N) is 1. The Kier molecular flexibility index (Phi) is 4.54. The van der Waals surface area contributed by atoms with Gasteiger partial charge in [0.25, 0.3) is 0 Å². The van der Waals surface area contributed by atoms with Gasteiger partial charge in [-0.15, -0.1) is 0 Å². The highest BCUT2D eigenvalue weighted by Crippen LogP contribution is 2.29. The van der Waals surface area contributed by atoms with Crippen molar-refractivity contribution in [2.24, 2.45) is 5.73 Å². The van der Waals surface area contributed by atoms with Crippen molar-refractivity contribution in [1.29, 1.82) is 0 Å². The first-order chi connectivity index (χ1) is 8.56. The average molecular weight is 287 g/mol. The van der Waals surface area contributed by atoms with Crippen LogP contribution in [0.3, 0.4) is 0 Å². The van der Waals surface area contributed by atoms with Crippen LogP contribution in [-0.2, 0) is 6.54 Å². The summed E-state index contributed by atoms with van der Waals surface area (Å²) < 4.78 is 13.7. The maximum Gasteiger partial charge on any atom is 0.129 e. The van der Waals surface area contributed by atoms with Crippen molar-refractivity contribution in [1.82, 2.24) is 4.90 Å². The van der Waals surface area contributed by atoms with E-state index in [1.807, 2.05) is 0 Å². The highest BCUT2D eigenvalue weighted by Gasteiger charge is 2.29. The first-order valence-corrected chi connectivity index (χ1v) is 6.81. The number of nitrogens with zero attached hydrogens (tertiary/aromatic N) is 1. The van der Waals surface area contributed by atoms with E-state index in [9.17, 15) is 4.39 Å². The van der Waals surface area contributed by atoms with E-state index in [2.05, 4.69) is 4.90 Å². The van der Waals surface area contributed by atoms with E-state index >= 15 is 0 Å². The van der Waals surface area contributed by atoms with Crippen LogP contribution < -0.4 is 5.73 Å². The maximum absolute atomic E-state index is 13.7. The van der Waals surface area contributed by atoms with Crippen LogP contribution in [0.5, 0.6) is 0 Å². The molecule has 0 heterocycles. The molecule has 0 bridgehead atoms. The molecule has 1 aliphatic carbocycles. The Morgan fingerprint density at radius 1 is 1.50 bits per heavy atom. The van der Waals surface area contributed by atoms with Crippen LogP contribution in [-0.4, -0.2) is 22.5 Å². The zero-order valence-electron chi connectivity index (χ0n) is 10.0. The van der Waals surface area contributed by atoms with Gasteiger partial charge in [-0.05, 0) is 25.0 Å².